The summed E-state index contributed by atoms with van der Waals surface area (Å²) in [4.78, 5) is 52.5. The lowest BCUT2D eigenvalue weighted by Crippen LogP contribution is -2.36. The van der Waals surface area contributed by atoms with Gasteiger partial charge < -0.3 is 34.6 Å². The quantitative estimate of drug-likeness (QED) is 0.131. The number of thiol groups is 2. The van der Waals surface area contributed by atoms with Gasteiger partial charge in [0.05, 0.1) is 38.9 Å². The number of hydrogen-bond donors (Lipinski definition) is 6. The number of nitrogens with zero attached hydrogens (tertiary/aromatic N) is 5. The zero-order chi connectivity index (χ0) is 31.4. The molecule has 6 rings (SSSR count). The molecule has 0 amide bonds. The molecule has 0 radical (unpaired) electrons. The molecule has 0 bridgehead atoms. The smallest absolute Gasteiger partial charge is 0.360 e. The number of nitrogens with one attached hydrogen (secondary N) is 3. The Morgan fingerprint density at radius 2 is 1.82 bits per heavy atom. The van der Waals surface area contributed by atoms with Gasteiger partial charge in [0.15, 0.2) is 17.0 Å². The second kappa shape index (κ2) is 12.1. The Morgan fingerprint density at radius 1 is 1.09 bits per heavy atom. The Morgan fingerprint density at radius 3 is 2.59 bits per heavy atom. The second-order valence-electron chi connectivity index (χ2n) is 10.2. The third-order valence-corrected chi connectivity index (χ3v) is 9.87. The number of imidazole rings is 1. The van der Waals surface area contributed by atoms with Crippen molar-refractivity contribution in [2.24, 2.45) is 5.92 Å². The average Bonchev–Trinajstić information content (AvgIpc) is 3.73. The van der Waals surface area contributed by atoms with Gasteiger partial charge in [-0.3, -0.25) is 27.7 Å². The van der Waals surface area contributed by atoms with E-state index in [2.05, 4.69) is 54.7 Å². The van der Waals surface area contributed by atoms with E-state index in [1.807, 2.05) is 0 Å². The van der Waals surface area contributed by atoms with Gasteiger partial charge >= 0.3 is 13.6 Å². The summed E-state index contributed by atoms with van der Waals surface area (Å²) in [7, 11) is 0. The Bertz CT molecular complexity index is 1760. The van der Waals surface area contributed by atoms with Crippen molar-refractivity contribution in [1.82, 2.24) is 29.5 Å². The third kappa shape index (κ3) is 6.35. The zero-order valence-electron chi connectivity index (χ0n) is 22.6. The molecule has 44 heavy (non-hydrogen) atoms. The fraction of sp³-hybridized carbons (Fsp3) is 0.571. The molecule has 18 nitrogen and oxygen atoms in total. The van der Waals surface area contributed by atoms with Crippen molar-refractivity contribution in [2.45, 2.75) is 50.3 Å². The standard InChI is InChI=1S/C21H27FN8O10P2S2/c1-9-14(22)12(39-21(9)30-8-28-16-18(30)24-6-26-20(16)32)4-37-42(35,44)40-10-2-13(38-11(10)3-36-41(33,34)43)29-7-27-15-17(29)23-5-25-19(15)31/h5-6,8-14,21,27H,2-4,7H2,1H3,(H,35,44)(H,23,25,31)(H,24,26,32)(H2,33,34,43)/t9?,10-,11?,12?,13+,14?,21+,42?/m0/s1. The lowest BCUT2D eigenvalue weighted by Gasteiger charge is -2.24. The molecular weight excluding hydrogens is 669 g/mol. The van der Waals surface area contributed by atoms with Crippen LogP contribution in [0.2, 0.25) is 0 Å². The van der Waals surface area contributed by atoms with Crippen molar-refractivity contribution >= 4 is 60.8 Å². The maximum absolute atomic E-state index is 15.3. The van der Waals surface area contributed by atoms with Gasteiger partial charge in [0.1, 0.15) is 42.6 Å². The van der Waals surface area contributed by atoms with Crippen LogP contribution in [0.3, 0.4) is 0 Å². The minimum Gasteiger partial charge on any atom is -0.360 e. The molecule has 6 heterocycles. The maximum Gasteiger partial charge on any atom is 0.386 e. The number of aromatic nitrogens is 6. The number of aromatic amines is 2. The molecule has 2 saturated heterocycles. The van der Waals surface area contributed by atoms with Crippen molar-refractivity contribution < 1.29 is 41.5 Å². The van der Waals surface area contributed by atoms with E-state index in [1.165, 1.54) is 23.5 Å². The van der Waals surface area contributed by atoms with Crippen molar-refractivity contribution in [3.05, 3.63) is 39.7 Å². The monoisotopic (exact) mass is 696 g/mol. The minimum atomic E-state index is -4.22. The highest BCUT2D eigenvalue weighted by Gasteiger charge is 2.47. The normalized spacial score (nSPS) is 31.1. The summed E-state index contributed by atoms with van der Waals surface area (Å²) in [5.74, 6) is -0.422. The molecule has 9 atom stereocenters. The predicted molar refractivity (Wildman–Crippen MR) is 157 cm³/mol. The van der Waals surface area contributed by atoms with E-state index in [0.29, 0.717) is 5.82 Å². The summed E-state index contributed by atoms with van der Waals surface area (Å²) in [5, 5.41) is 2.92. The highest BCUT2D eigenvalue weighted by molar-refractivity contribution is 8.44. The first-order valence-corrected chi connectivity index (χ1v) is 18.5. The zero-order valence-corrected chi connectivity index (χ0v) is 26.2. The van der Waals surface area contributed by atoms with Crippen LogP contribution in [0.1, 0.15) is 19.6 Å². The number of hydrogen-bond acceptors (Lipinski definition) is 14. The summed E-state index contributed by atoms with van der Waals surface area (Å²) in [6.45, 7) is -7.68. The highest BCUT2D eigenvalue weighted by Crippen LogP contribution is 2.57. The lowest BCUT2D eigenvalue weighted by molar-refractivity contribution is -0.0374. The molecule has 0 aromatic carbocycles. The molecule has 23 heteroatoms. The van der Waals surface area contributed by atoms with Crippen molar-refractivity contribution in [3.8, 4) is 0 Å². The van der Waals surface area contributed by atoms with E-state index < -0.39 is 80.8 Å². The summed E-state index contributed by atoms with van der Waals surface area (Å²) >= 11 is 7.57. The first-order valence-electron chi connectivity index (χ1n) is 13.1. The van der Waals surface area contributed by atoms with Gasteiger partial charge in [0.25, 0.3) is 11.1 Å². The second-order valence-corrected chi connectivity index (χ2v) is 15.9. The van der Waals surface area contributed by atoms with E-state index in [9.17, 15) is 23.6 Å². The van der Waals surface area contributed by atoms with Crippen LogP contribution in [-0.2, 0) is 32.2 Å². The number of ether oxygens (including phenoxy) is 2. The molecule has 4 N–H and O–H groups in total. The van der Waals surface area contributed by atoms with Gasteiger partial charge in [0, 0.05) is 12.3 Å². The Hall–Kier alpha value is -2.32. The van der Waals surface area contributed by atoms with E-state index in [-0.39, 0.29) is 29.9 Å². The molecule has 0 spiro atoms. The van der Waals surface area contributed by atoms with Gasteiger partial charge in [-0.05, 0) is 0 Å². The molecule has 0 aliphatic carbocycles. The Kier molecular flexibility index (Phi) is 8.72. The van der Waals surface area contributed by atoms with E-state index in [0.717, 1.165) is 0 Å². The summed E-state index contributed by atoms with van der Waals surface area (Å²) in [6.07, 6.45) is -2.75. The van der Waals surface area contributed by atoms with Crippen LogP contribution >= 0.6 is 38.1 Å². The summed E-state index contributed by atoms with van der Waals surface area (Å²) in [5.41, 5.74) is -0.361. The summed E-state index contributed by atoms with van der Waals surface area (Å²) in [6, 6.07) is 0. The summed E-state index contributed by atoms with van der Waals surface area (Å²) < 4.78 is 69.6. The first-order chi connectivity index (χ1) is 20.8. The lowest BCUT2D eigenvalue weighted by atomic mass is 10.0. The van der Waals surface area contributed by atoms with Gasteiger partial charge in [0.2, 0.25) is 0 Å². The van der Waals surface area contributed by atoms with Crippen molar-refractivity contribution in [3.63, 3.8) is 0 Å². The fourth-order valence-electron chi connectivity index (χ4n) is 5.31. The van der Waals surface area contributed by atoms with Crippen LogP contribution in [0.15, 0.2) is 28.6 Å². The van der Waals surface area contributed by atoms with Crippen LogP contribution in [-0.4, -0.2) is 85.0 Å². The molecule has 2 fully saturated rings. The number of anilines is 2. The SMILES string of the molecule is CC1C(F)C(COP(=O)(S)O[C@H]2C[C@H](N3CNc4c3nc[nH]c4=O)OC2COP(=O)(O)S)O[C@H]1n1cnc2c(=O)[nH]cnc21. The van der Waals surface area contributed by atoms with Gasteiger partial charge in [-0.25, -0.2) is 28.5 Å². The molecule has 3 aliphatic heterocycles. The van der Waals surface area contributed by atoms with Gasteiger partial charge in [-0.2, -0.15) is 0 Å². The topological polar surface area (TPSA) is 225 Å². The third-order valence-electron chi connectivity index (χ3n) is 7.40. The molecule has 3 aromatic rings. The predicted octanol–water partition coefficient (Wildman–Crippen LogP) is 1.57. The fourth-order valence-corrected chi connectivity index (χ4v) is 7.38. The van der Waals surface area contributed by atoms with Crippen LogP contribution in [0.5, 0.6) is 0 Å². The van der Waals surface area contributed by atoms with E-state index in [4.69, 9.17) is 23.0 Å². The van der Waals surface area contributed by atoms with Crippen molar-refractivity contribution in [2.75, 3.05) is 30.1 Å². The van der Waals surface area contributed by atoms with Crippen LogP contribution in [0, 0.1) is 5.92 Å². The Balaban J connectivity index is 1.13. The molecular formula is C21H27FN8O10P2S2. The number of H-pyrrole nitrogens is 2. The van der Waals surface area contributed by atoms with Crippen LogP contribution < -0.4 is 21.3 Å². The van der Waals surface area contributed by atoms with Crippen molar-refractivity contribution in [1.29, 1.82) is 0 Å². The van der Waals surface area contributed by atoms with E-state index >= 15 is 4.39 Å². The number of halogens is 1. The minimum absolute atomic E-state index is 0.0322. The van der Waals surface area contributed by atoms with Gasteiger partial charge in [-0.15, -0.1) is 0 Å². The van der Waals surface area contributed by atoms with E-state index in [1.54, 1.807) is 11.8 Å². The number of rotatable bonds is 10. The van der Waals surface area contributed by atoms with Crippen LogP contribution in [0.25, 0.3) is 11.2 Å². The number of fused-ring (bicyclic) bond motifs is 2. The number of alkyl halides is 1. The maximum atomic E-state index is 15.3. The Labute approximate surface area is 257 Å². The molecule has 0 saturated carbocycles. The van der Waals surface area contributed by atoms with Crippen LogP contribution in [0.4, 0.5) is 15.9 Å². The molecule has 3 aromatic heterocycles. The average molecular weight is 697 g/mol. The molecule has 6 unspecified atom stereocenters. The molecule has 240 valence electrons. The van der Waals surface area contributed by atoms with Gasteiger partial charge in [-0.1, -0.05) is 31.4 Å². The first kappa shape index (κ1) is 31.7. The molecule has 3 aliphatic rings. The highest BCUT2D eigenvalue weighted by atomic mass is 32.7. The largest absolute Gasteiger partial charge is 0.386 e.